The predicted octanol–water partition coefficient (Wildman–Crippen LogP) is 3.97. The number of anilines is 1. The maximum absolute atomic E-state index is 12.3. The fourth-order valence-corrected chi connectivity index (χ4v) is 3.27. The SMILES string of the molecule is Cc1cc(C)n(Cc2cccc(NC(=O)/C=C/c3ccc4c(c3)OCCO4)c2)n1. The molecule has 1 amide bonds. The van der Waals surface area contributed by atoms with Crippen LogP contribution in [0.25, 0.3) is 6.08 Å². The van der Waals surface area contributed by atoms with Gasteiger partial charge in [0.15, 0.2) is 11.5 Å². The number of benzene rings is 2. The molecule has 2 heterocycles. The number of carbonyl (C=O) groups is 1. The highest BCUT2D eigenvalue weighted by molar-refractivity contribution is 6.02. The zero-order chi connectivity index (χ0) is 20.2. The van der Waals surface area contributed by atoms with Crippen molar-refractivity contribution in [2.45, 2.75) is 20.4 Å². The second-order valence-electron chi connectivity index (χ2n) is 7.01. The van der Waals surface area contributed by atoms with Gasteiger partial charge in [0.25, 0.3) is 0 Å². The Balaban J connectivity index is 1.40. The van der Waals surface area contributed by atoms with E-state index >= 15 is 0 Å². The summed E-state index contributed by atoms with van der Waals surface area (Å²) in [5.41, 5.74) is 4.81. The zero-order valence-electron chi connectivity index (χ0n) is 16.5. The van der Waals surface area contributed by atoms with E-state index in [1.165, 1.54) is 6.08 Å². The summed E-state index contributed by atoms with van der Waals surface area (Å²) in [6.45, 7) is 5.77. The summed E-state index contributed by atoms with van der Waals surface area (Å²) < 4.78 is 13.0. The minimum atomic E-state index is -0.192. The van der Waals surface area contributed by atoms with Gasteiger partial charge in [-0.05, 0) is 61.4 Å². The largest absolute Gasteiger partial charge is 0.486 e. The average Bonchev–Trinajstić information content (AvgIpc) is 3.03. The van der Waals surface area contributed by atoms with Gasteiger partial charge >= 0.3 is 0 Å². The van der Waals surface area contributed by atoms with Crippen molar-refractivity contribution in [1.29, 1.82) is 0 Å². The van der Waals surface area contributed by atoms with Gasteiger partial charge in [-0.2, -0.15) is 5.10 Å². The van der Waals surface area contributed by atoms with Crippen LogP contribution in [0, 0.1) is 13.8 Å². The molecule has 1 aliphatic rings. The Morgan fingerprint density at radius 2 is 1.93 bits per heavy atom. The Labute approximate surface area is 169 Å². The lowest BCUT2D eigenvalue weighted by Gasteiger charge is -2.18. The van der Waals surface area contributed by atoms with Gasteiger partial charge in [0.05, 0.1) is 12.2 Å². The Bertz CT molecular complexity index is 1070. The summed E-state index contributed by atoms with van der Waals surface area (Å²) in [6.07, 6.45) is 3.27. The van der Waals surface area contributed by atoms with E-state index in [4.69, 9.17) is 9.47 Å². The van der Waals surface area contributed by atoms with Gasteiger partial charge in [-0.1, -0.05) is 18.2 Å². The molecular weight excluding hydrogens is 366 g/mol. The van der Waals surface area contributed by atoms with E-state index in [0.717, 1.165) is 34.0 Å². The van der Waals surface area contributed by atoms with E-state index in [-0.39, 0.29) is 5.91 Å². The quantitative estimate of drug-likeness (QED) is 0.671. The lowest BCUT2D eigenvalue weighted by Crippen LogP contribution is -2.15. The van der Waals surface area contributed by atoms with Gasteiger partial charge in [0.2, 0.25) is 5.91 Å². The van der Waals surface area contributed by atoms with E-state index in [9.17, 15) is 4.79 Å². The van der Waals surface area contributed by atoms with Gasteiger partial charge in [0.1, 0.15) is 13.2 Å². The molecule has 1 aromatic heterocycles. The third-order valence-electron chi connectivity index (χ3n) is 4.62. The third-order valence-corrected chi connectivity index (χ3v) is 4.62. The van der Waals surface area contributed by atoms with Crippen LogP contribution in [0.3, 0.4) is 0 Å². The first kappa shape index (κ1) is 18.8. The Hall–Kier alpha value is -3.54. The fraction of sp³-hybridized carbons (Fsp3) is 0.217. The summed E-state index contributed by atoms with van der Waals surface area (Å²) in [5, 5.41) is 7.40. The van der Waals surface area contributed by atoms with E-state index in [0.29, 0.717) is 25.5 Å². The molecule has 0 saturated heterocycles. The van der Waals surface area contributed by atoms with Gasteiger partial charge in [-0.3, -0.25) is 9.48 Å². The number of fused-ring (bicyclic) bond motifs is 1. The smallest absolute Gasteiger partial charge is 0.248 e. The molecule has 0 spiro atoms. The Morgan fingerprint density at radius 1 is 1.10 bits per heavy atom. The van der Waals surface area contributed by atoms with E-state index in [1.807, 2.05) is 67.1 Å². The number of aryl methyl sites for hydroxylation is 2. The second kappa shape index (κ2) is 8.22. The first-order chi connectivity index (χ1) is 14.1. The number of hydrogen-bond donors (Lipinski definition) is 1. The highest BCUT2D eigenvalue weighted by Gasteiger charge is 2.11. The van der Waals surface area contributed by atoms with Crippen LogP contribution in [-0.2, 0) is 11.3 Å². The lowest BCUT2D eigenvalue weighted by atomic mass is 10.1. The zero-order valence-corrected chi connectivity index (χ0v) is 16.5. The average molecular weight is 389 g/mol. The molecule has 29 heavy (non-hydrogen) atoms. The number of amides is 1. The van der Waals surface area contributed by atoms with Crippen molar-refractivity contribution in [1.82, 2.24) is 9.78 Å². The Kier molecular flexibility index (Phi) is 5.33. The van der Waals surface area contributed by atoms with E-state index < -0.39 is 0 Å². The minimum Gasteiger partial charge on any atom is -0.486 e. The summed E-state index contributed by atoms with van der Waals surface area (Å²) in [5.74, 6) is 1.25. The van der Waals surface area contributed by atoms with Crippen LogP contribution < -0.4 is 14.8 Å². The van der Waals surface area contributed by atoms with Crippen molar-refractivity contribution in [3.63, 3.8) is 0 Å². The summed E-state index contributed by atoms with van der Waals surface area (Å²) in [6, 6.07) is 15.5. The first-order valence-electron chi connectivity index (χ1n) is 9.55. The molecule has 148 valence electrons. The summed E-state index contributed by atoms with van der Waals surface area (Å²) >= 11 is 0. The second-order valence-corrected chi connectivity index (χ2v) is 7.01. The third kappa shape index (κ3) is 4.66. The summed E-state index contributed by atoms with van der Waals surface area (Å²) in [4.78, 5) is 12.3. The first-order valence-corrected chi connectivity index (χ1v) is 9.55. The van der Waals surface area contributed by atoms with E-state index in [2.05, 4.69) is 10.4 Å². The van der Waals surface area contributed by atoms with Crippen molar-refractivity contribution < 1.29 is 14.3 Å². The molecule has 6 nitrogen and oxygen atoms in total. The number of carbonyl (C=O) groups excluding carboxylic acids is 1. The lowest BCUT2D eigenvalue weighted by molar-refractivity contribution is -0.111. The maximum Gasteiger partial charge on any atom is 0.248 e. The van der Waals surface area contributed by atoms with Crippen LogP contribution in [0.2, 0.25) is 0 Å². The van der Waals surface area contributed by atoms with Crippen molar-refractivity contribution >= 4 is 17.7 Å². The molecule has 0 unspecified atom stereocenters. The number of nitrogens with one attached hydrogen (secondary N) is 1. The molecular formula is C23H23N3O3. The standard InChI is InChI=1S/C23H23N3O3/c1-16-12-17(2)26(25-16)15-19-4-3-5-20(13-19)24-23(27)9-7-18-6-8-21-22(14-18)29-11-10-28-21/h3-9,12-14H,10-11,15H2,1-2H3,(H,24,27)/b9-7+. The van der Waals surface area contributed by atoms with Gasteiger partial charge in [0, 0.05) is 17.5 Å². The van der Waals surface area contributed by atoms with Crippen LogP contribution >= 0.6 is 0 Å². The van der Waals surface area contributed by atoms with Gasteiger partial charge in [-0.15, -0.1) is 0 Å². The number of rotatable bonds is 5. The number of aromatic nitrogens is 2. The molecule has 0 radical (unpaired) electrons. The molecule has 4 rings (SSSR count). The molecule has 1 N–H and O–H groups in total. The van der Waals surface area contributed by atoms with E-state index in [1.54, 1.807) is 6.08 Å². The Morgan fingerprint density at radius 3 is 2.72 bits per heavy atom. The molecule has 2 aromatic carbocycles. The fourth-order valence-electron chi connectivity index (χ4n) is 3.27. The predicted molar refractivity (Wildman–Crippen MR) is 112 cm³/mol. The topological polar surface area (TPSA) is 65.4 Å². The molecule has 1 aliphatic heterocycles. The molecule has 0 fully saturated rings. The van der Waals surface area contributed by atoms with Gasteiger partial charge in [-0.25, -0.2) is 0 Å². The van der Waals surface area contributed by atoms with Crippen LogP contribution in [0.15, 0.2) is 54.6 Å². The van der Waals surface area contributed by atoms with Gasteiger partial charge < -0.3 is 14.8 Å². The molecule has 0 saturated carbocycles. The summed E-state index contributed by atoms with van der Waals surface area (Å²) in [7, 11) is 0. The van der Waals surface area contributed by atoms with Crippen LogP contribution in [0.4, 0.5) is 5.69 Å². The van der Waals surface area contributed by atoms with Crippen molar-refractivity contribution in [2.75, 3.05) is 18.5 Å². The van der Waals surface area contributed by atoms with Crippen molar-refractivity contribution in [3.05, 3.63) is 77.1 Å². The maximum atomic E-state index is 12.3. The number of ether oxygens (including phenoxy) is 2. The minimum absolute atomic E-state index is 0.192. The van der Waals surface area contributed by atoms with Crippen LogP contribution in [0.1, 0.15) is 22.5 Å². The number of nitrogens with zero attached hydrogens (tertiary/aromatic N) is 2. The molecule has 0 aliphatic carbocycles. The van der Waals surface area contributed by atoms with Crippen molar-refractivity contribution in [3.8, 4) is 11.5 Å². The van der Waals surface area contributed by atoms with Crippen molar-refractivity contribution in [2.24, 2.45) is 0 Å². The molecule has 6 heteroatoms. The molecule has 3 aromatic rings. The van der Waals surface area contributed by atoms with Crippen LogP contribution in [-0.4, -0.2) is 28.9 Å². The monoisotopic (exact) mass is 389 g/mol. The molecule has 0 atom stereocenters. The van der Waals surface area contributed by atoms with Crippen LogP contribution in [0.5, 0.6) is 11.5 Å². The normalized spacial score (nSPS) is 12.9. The highest BCUT2D eigenvalue weighted by atomic mass is 16.6. The number of hydrogen-bond acceptors (Lipinski definition) is 4. The highest BCUT2D eigenvalue weighted by Crippen LogP contribution is 2.31. The molecule has 0 bridgehead atoms.